The fourth-order valence-corrected chi connectivity index (χ4v) is 2.37. The lowest BCUT2D eigenvalue weighted by molar-refractivity contribution is -0.139. The highest BCUT2D eigenvalue weighted by Crippen LogP contribution is 2.07. The van der Waals surface area contributed by atoms with Crippen LogP contribution in [0.5, 0.6) is 0 Å². The lowest BCUT2D eigenvalue weighted by Crippen LogP contribution is -2.39. The summed E-state index contributed by atoms with van der Waals surface area (Å²) in [4.78, 5) is 24.3. The van der Waals surface area contributed by atoms with Gasteiger partial charge < -0.3 is 10.6 Å². The van der Waals surface area contributed by atoms with E-state index in [0.717, 1.165) is 16.0 Å². The Morgan fingerprint density at radius 1 is 1.00 bits per heavy atom. The number of nitrogens with one attached hydrogen (secondary N) is 2. The standard InChI is InChI=1S/C15H16N2O2S/c1-11-5-2-3-6-12(11)9-16-14(18)15(19)17-10-13-7-4-8-20-13/h2-8H,9-10H2,1H3,(H,16,18)(H,17,19). The third-order valence-corrected chi connectivity index (χ3v) is 3.79. The molecule has 104 valence electrons. The molecule has 2 rings (SSSR count). The molecule has 5 heteroatoms. The van der Waals surface area contributed by atoms with Gasteiger partial charge in [-0.2, -0.15) is 0 Å². The molecule has 1 aromatic heterocycles. The van der Waals surface area contributed by atoms with Gasteiger partial charge in [0.2, 0.25) is 0 Å². The van der Waals surface area contributed by atoms with Crippen LogP contribution in [0.25, 0.3) is 0 Å². The van der Waals surface area contributed by atoms with Crippen molar-refractivity contribution in [2.24, 2.45) is 0 Å². The zero-order chi connectivity index (χ0) is 14.4. The molecule has 20 heavy (non-hydrogen) atoms. The SMILES string of the molecule is Cc1ccccc1CNC(=O)C(=O)NCc1cccs1. The van der Waals surface area contributed by atoms with Gasteiger partial charge in [-0.25, -0.2) is 0 Å². The van der Waals surface area contributed by atoms with Crippen LogP contribution in [0.4, 0.5) is 0 Å². The van der Waals surface area contributed by atoms with E-state index in [9.17, 15) is 9.59 Å². The maximum absolute atomic E-state index is 11.7. The summed E-state index contributed by atoms with van der Waals surface area (Å²) in [6.45, 7) is 2.71. The van der Waals surface area contributed by atoms with E-state index in [-0.39, 0.29) is 0 Å². The minimum absolute atomic E-state index is 0.359. The summed E-state index contributed by atoms with van der Waals surface area (Å²) >= 11 is 1.54. The Bertz CT molecular complexity index is 594. The second kappa shape index (κ2) is 6.86. The van der Waals surface area contributed by atoms with Crippen molar-refractivity contribution in [3.05, 3.63) is 57.8 Å². The van der Waals surface area contributed by atoms with Crippen molar-refractivity contribution in [1.82, 2.24) is 10.6 Å². The first-order valence-electron chi connectivity index (χ1n) is 6.29. The Morgan fingerprint density at radius 2 is 1.70 bits per heavy atom. The summed E-state index contributed by atoms with van der Waals surface area (Å²) in [6, 6.07) is 11.6. The van der Waals surface area contributed by atoms with Gasteiger partial charge in [0.25, 0.3) is 0 Å². The number of amides is 2. The molecule has 0 radical (unpaired) electrons. The summed E-state index contributed by atoms with van der Waals surface area (Å²) < 4.78 is 0. The Hall–Kier alpha value is -2.14. The molecule has 2 aromatic rings. The van der Waals surface area contributed by atoms with Crippen LogP contribution in [0.15, 0.2) is 41.8 Å². The van der Waals surface area contributed by atoms with E-state index < -0.39 is 11.8 Å². The van der Waals surface area contributed by atoms with E-state index in [1.54, 1.807) is 11.3 Å². The first kappa shape index (κ1) is 14.3. The van der Waals surface area contributed by atoms with E-state index in [4.69, 9.17) is 0 Å². The van der Waals surface area contributed by atoms with Gasteiger partial charge in [-0.1, -0.05) is 30.3 Å². The molecule has 0 saturated carbocycles. The molecule has 0 atom stereocenters. The zero-order valence-electron chi connectivity index (χ0n) is 11.2. The molecule has 0 aliphatic rings. The van der Waals surface area contributed by atoms with Crippen molar-refractivity contribution in [2.75, 3.05) is 0 Å². The van der Waals surface area contributed by atoms with Crippen LogP contribution < -0.4 is 10.6 Å². The maximum Gasteiger partial charge on any atom is 0.309 e. The molecule has 0 fully saturated rings. The predicted octanol–water partition coefficient (Wildman–Crippen LogP) is 1.99. The maximum atomic E-state index is 11.7. The number of aryl methyl sites for hydroxylation is 1. The third-order valence-electron chi connectivity index (χ3n) is 2.91. The molecule has 0 aliphatic heterocycles. The Labute approximate surface area is 121 Å². The van der Waals surface area contributed by atoms with E-state index in [0.29, 0.717) is 13.1 Å². The molecule has 0 saturated heterocycles. The van der Waals surface area contributed by atoms with Crippen LogP contribution in [0, 0.1) is 6.92 Å². The number of hydrogen-bond acceptors (Lipinski definition) is 3. The highest BCUT2D eigenvalue weighted by Gasteiger charge is 2.12. The third kappa shape index (κ3) is 3.93. The normalized spacial score (nSPS) is 10.1. The Balaban J connectivity index is 1.79. The van der Waals surface area contributed by atoms with Gasteiger partial charge in [-0.15, -0.1) is 11.3 Å². The molecule has 0 spiro atoms. The van der Waals surface area contributed by atoms with Crippen molar-refractivity contribution in [1.29, 1.82) is 0 Å². The molecule has 1 heterocycles. The smallest absolute Gasteiger partial charge is 0.309 e. The van der Waals surface area contributed by atoms with Gasteiger partial charge in [0.1, 0.15) is 0 Å². The van der Waals surface area contributed by atoms with E-state index in [2.05, 4.69) is 10.6 Å². The largest absolute Gasteiger partial charge is 0.344 e. The van der Waals surface area contributed by atoms with Gasteiger partial charge >= 0.3 is 11.8 Å². The van der Waals surface area contributed by atoms with Crippen LogP contribution in [-0.2, 0) is 22.7 Å². The number of benzene rings is 1. The summed E-state index contributed by atoms with van der Waals surface area (Å²) in [5, 5.41) is 7.15. The van der Waals surface area contributed by atoms with Crippen molar-refractivity contribution in [3.8, 4) is 0 Å². The zero-order valence-corrected chi connectivity index (χ0v) is 12.0. The van der Waals surface area contributed by atoms with Crippen molar-refractivity contribution < 1.29 is 9.59 Å². The van der Waals surface area contributed by atoms with Crippen molar-refractivity contribution in [3.63, 3.8) is 0 Å². The Morgan fingerprint density at radius 3 is 2.35 bits per heavy atom. The first-order valence-corrected chi connectivity index (χ1v) is 7.17. The monoisotopic (exact) mass is 288 g/mol. The number of thiophene rings is 1. The topological polar surface area (TPSA) is 58.2 Å². The molecule has 1 aromatic carbocycles. The minimum Gasteiger partial charge on any atom is -0.344 e. The molecule has 0 unspecified atom stereocenters. The summed E-state index contributed by atoms with van der Waals surface area (Å²) in [5.74, 6) is -1.21. The summed E-state index contributed by atoms with van der Waals surface area (Å²) in [7, 11) is 0. The molecular formula is C15H16N2O2S. The minimum atomic E-state index is -0.607. The number of hydrogen-bond donors (Lipinski definition) is 2. The van der Waals surface area contributed by atoms with Crippen LogP contribution in [-0.4, -0.2) is 11.8 Å². The van der Waals surface area contributed by atoms with Gasteiger partial charge in [-0.05, 0) is 29.5 Å². The van der Waals surface area contributed by atoms with Crippen LogP contribution in [0.1, 0.15) is 16.0 Å². The fourth-order valence-electron chi connectivity index (χ4n) is 1.73. The van der Waals surface area contributed by atoms with E-state index in [1.807, 2.05) is 48.7 Å². The summed E-state index contributed by atoms with van der Waals surface area (Å²) in [5.41, 5.74) is 2.10. The summed E-state index contributed by atoms with van der Waals surface area (Å²) in [6.07, 6.45) is 0. The fraction of sp³-hybridized carbons (Fsp3) is 0.200. The predicted molar refractivity (Wildman–Crippen MR) is 79.2 cm³/mol. The van der Waals surface area contributed by atoms with Gasteiger partial charge in [0, 0.05) is 11.4 Å². The molecular weight excluding hydrogens is 272 g/mol. The molecule has 2 N–H and O–H groups in total. The second-order valence-electron chi connectivity index (χ2n) is 4.37. The molecule has 4 nitrogen and oxygen atoms in total. The number of rotatable bonds is 4. The van der Waals surface area contributed by atoms with Crippen molar-refractivity contribution in [2.45, 2.75) is 20.0 Å². The molecule has 0 aliphatic carbocycles. The molecule has 0 bridgehead atoms. The molecule has 2 amide bonds. The van der Waals surface area contributed by atoms with Crippen LogP contribution in [0.3, 0.4) is 0 Å². The van der Waals surface area contributed by atoms with Crippen LogP contribution >= 0.6 is 11.3 Å². The average molecular weight is 288 g/mol. The number of carbonyl (C=O) groups excluding carboxylic acids is 2. The quantitative estimate of drug-likeness (QED) is 0.845. The van der Waals surface area contributed by atoms with Gasteiger partial charge in [0.15, 0.2) is 0 Å². The second-order valence-corrected chi connectivity index (χ2v) is 5.40. The van der Waals surface area contributed by atoms with Crippen molar-refractivity contribution >= 4 is 23.2 Å². The highest BCUT2D eigenvalue weighted by molar-refractivity contribution is 7.09. The van der Waals surface area contributed by atoms with Crippen LogP contribution in [0.2, 0.25) is 0 Å². The Kier molecular flexibility index (Phi) is 4.90. The highest BCUT2D eigenvalue weighted by atomic mass is 32.1. The lowest BCUT2D eigenvalue weighted by atomic mass is 10.1. The van der Waals surface area contributed by atoms with Gasteiger partial charge in [-0.3, -0.25) is 9.59 Å². The average Bonchev–Trinajstić information content (AvgIpc) is 2.97. The number of carbonyl (C=O) groups is 2. The van der Waals surface area contributed by atoms with E-state index in [1.165, 1.54) is 0 Å². The van der Waals surface area contributed by atoms with E-state index >= 15 is 0 Å². The first-order chi connectivity index (χ1) is 9.66. The lowest BCUT2D eigenvalue weighted by Gasteiger charge is -2.07. The van der Waals surface area contributed by atoms with Gasteiger partial charge in [0.05, 0.1) is 6.54 Å².